The topological polar surface area (TPSA) is 86.7 Å². The van der Waals surface area contributed by atoms with Crippen LogP contribution < -0.4 is 0 Å². The maximum atomic E-state index is 10.3. The maximum Gasteiger partial charge on any atom is 0.374 e. The van der Waals surface area contributed by atoms with Crippen molar-refractivity contribution >= 4 is 23.5 Å². The summed E-state index contributed by atoms with van der Waals surface area (Å²) in [6.45, 7) is 6.49. The summed E-state index contributed by atoms with van der Waals surface area (Å²) in [7, 11) is 0. The van der Waals surface area contributed by atoms with E-state index in [1.807, 2.05) is 6.92 Å². The van der Waals surface area contributed by atoms with Crippen molar-refractivity contribution in [1.82, 2.24) is 0 Å². The van der Waals surface area contributed by atoms with Crippen molar-refractivity contribution in [1.29, 1.82) is 0 Å². The summed E-state index contributed by atoms with van der Waals surface area (Å²) < 4.78 is 8.78. The van der Waals surface area contributed by atoms with Crippen molar-refractivity contribution in [2.45, 2.75) is 34.1 Å². The van der Waals surface area contributed by atoms with E-state index in [1.165, 1.54) is 13.8 Å². The number of carbonyl (C=O) groups excluding carboxylic acids is 4. The van der Waals surface area contributed by atoms with Gasteiger partial charge in [-0.1, -0.05) is 6.92 Å². The highest BCUT2D eigenvalue weighted by atomic mass is 16.5. The van der Waals surface area contributed by atoms with Gasteiger partial charge in [0.05, 0.1) is 13.2 Å². The van der Waals surface area contributed by atoms with E-state index in [4.69, 9.17) is 0 Å². The summed E-state index contributed by atoms with van der Waals surface area (Å²) in [5, 5.41) is 0. The molecule has 98 valence electrons. The molecule has 0 saturated carbocycles. The first-order valence-electron chi connectivity index (χ1n) is 5.22. The second-order valence-electron chi connectivity index (χ2n) is 2.97. The summed E-state index contributed by atoms with van der Waals surface area (Å²) in [6.07, 6.45) is 0.749. The number of carbonyl (C=O) groups is 4. The number of esters is 2. The van der Waals surface area contributed by atoms with Gasteiger partial charge in [0.15, 0.2) is 0 Å². The maximum absolute atomic E-state index is 10.3. The molecule has 17 heavy (non-hydrogen) atoms. The molecule has 6 heteroatoms. The highest BCUT2D eigenvalue weighted by Crippen LogP contribution is 1.82. The third-order valence-corrected chi connectivity index (χ3v) is 1.29. The van der Waals surface area contributed by atoms with Crippen LogP contribution in [0.5, 0.6) is 0 Å². The minimum absolute atomic E-state index is 0.262. The van der Waals surface area contributed by atoms with Crippen LogP contribution in [0.25, 0.3) is 0 Å². The molecule has 0 aliphatic heterocycles. The Labute approximate surface area is 100 Å². The van der Waals surface area contributed by atoms with Crippen molar-refractivity contribution < 1.29 is 28.7 Å². The lowest BCUT2D eigenvalue weighted by Crippen LogP contribution is -2.13. The van der Waals surface area contributed by atoms with E-state index in [0.717, 1.165) is 6.42 Å². The van der Waals surface area contributed by atoms with E-state index >= 15 is 0 Å². The fourth-order valence-corrected chi connectivity index (χ4v) is 0.529. The average molecular weight is 246 g/mol. The van der Waals surface area contributed by atoms with Gasteiger partial charge in [-0.3, -0.25) is 9.59 Å². The molecule has 0 bridgehead atoms. The second kappa shape index (κ2) is 10.8. The van der Waals surface area contributed by atoms with Crippen LogP contribution in [0.1, 0.15) is 34.1 Å². The molecule has 0 spiro atoms. The van der Waals surface area contributed by atoms with Crippen LogP contribution in [-0.4, -0.2) is 36.7 Å². The minimum atomic E-state index is -0.757. The van der Waals surface area contributed by atoms with Crippen LogP contribution in [0.3, 0.4) is 0 Å². The number of rotatable bonds is 5. The average Bonchev–Trinajstić information content (AvgIpc) is 2.26. The number of ketones is 2. The van der Waals surface area contributed by atoms with Crippen LogP contribution in [-0.2, 0) is 28.7 Å². The van der Waals surface area contributed by atoms with E-state index < -0.39 is 23.5 Å². The lowest BCUT2D eigenvalue weighted by atomic mass is 10.4. The third kappa shape index (κ3) is 12.2. The first kappa shape index (κ1) is 17.7. The molecule has 0 amide bonds. The molecule has 0 radical (unpaired) electrons. The molecular formula is C11H18O6. The second-order valence-corrected chi connectivity index (χ2v) is 2.97. The Morgan fingerprint density at radius 3 is 1.47 bits per heavy atom. The number of ether oxygens (including phenoxy) is 2. The first-order valence-corrected chi connectivity index (χ1v) is 5.22. The highest BCUT2D eigenvalue weighted by molar-refractivity contribution is 6.32. The summed E-state index contributed by atoms with van der Waals surface area (Å²) in [5.74, 6) is -2.58. The predicted molar refractivity (Wildman–Crippen MR) is 59.2 cm³/mol. The zero-order chi connectivity index (χ0) is 13.8. The molecule has 0 atom stereocenters. The van der Waals surface area contributed by atoms with Gasteiger partial charge in [0.25, 0.3) is 0 Å². The van der Waals surface area contributed by atoms with E-state index in [2.05, 4.69) is 9.47 Å². The van der Waals surface area contributed by atoms with Crippen LogP contribution in [0.4, 0.5) is 0 Å². The summed E-state index contributed by atoms with van der Waals surface area (Å²) >= 11 is 0. The monoisotopic (exact) mass is 246 g/mol. The van der Waals surface area contributed by atoms with Crippen LogP contribution in [0.15, 0.2) is 0 Å². The van der Waals surface area contributed by atoms with Gasteiger partial charge in [-0.2, -0.15) is 0 Å². The Bertz CT molecular complexity index is 282. The molecular weight excluding hydrogens is 228 g/mol. The summed E-state index contributed by atoms with van der Waals surface area (Å²) in [4.78, 5) is 40.7. The largest absolute Gasteiger partial charge is 0.460 e. The van der Waals surface area contributed by atoms with Gasteiger partial charge in [-0.05, 0) is 13.3 Å². The molecule has 0 aromatic carbocycles. The number of hydrogen-bond acceptors (Lipinski definition) is 6. The van der Waals surface area contributed by atoms with Crippen molar-refractivity contribution in [3.05, 3.63) is 0 Å². The molecule has 0 unspecified atom stereocenters. The fraction of sp³-hybridized carbons (Fsp3) is 0.636. The lowest BCUT2D eigenvalue weighted by Gasteiger charge is -1.96. The Balaban J connectivity index is 0. The summed E-state index contributed by atoms with van der Waals surface area (Å²) in [5.41, 5.74) is 0. The van der Waals surface area contributed by atoms with Gasteiger partial charge < -0.3 is 9.47 Å². The van der Waals surface area contributed by atoms with Crippen LogP contribution in [0, 0.1) is 0 Å². The van der Waals surface area contributed by atoms with Crippen molar-refractivity contribution in [3.63, 3.8) is 0 Å². The SMILES string of the molecule is CCCOC(=O)C(C)=O.CCOC(=O)C(C)=O. The standard InChI is InChI=1S/C6H10O3.C5H8O3/c1-3-4-9-6(8)5(2)7;1-3-8-5(7)4(2)6/h3-4H2,1-2H3;3H2,1-2H3. The predicted octanol–water partition coefficient (Wildman–Crippen LogP) is 0.667. The van der Waals surface area contributed by atoms with E-state index in [9.17, 15) is 19.2 Å². The Hall–Kier alpha value is -1.72. The molecule has 0 fully saturated rings. The molecule has 6 nitrogen and oxygen atoms in total. The zero-order valence-corrected chi connectivity index (χ0v) is 10.6. The highest BCUT2D eigenvalue weighted by Gasteiger charge is 2.06. The summed E-state index contributed by atoms with van der Waals surface area (Å²) in [6, 6.07) is 0. The first-order chi connectivity index (χ1) is 7.86. The molecule has 0 heterocycles. The number of Topliss-reactive ketones (excluding diaryl/α,β-unsaturated/α-hetero) is 2. The van der Waals surface area contributed by atoms with E-state index in [-0.39, 0.29) is 6.61 Å². The van der Waals surface area contributed by atoms with Crippen LogP contribution >= 0.6 is 0 Å². The Morgan fingerprint density at radius 1 is 0.824 bits per heavy atom. The van der Waals surface area contributed by atoms with Gasteiger partial charge in [0.2, 0.25) is 11.6 Å². The number of hydrogen-bond donors (Lipinski definition) is 0. The van der Waals surface area contributed by atoms with Gasteiger partial charge in [-0.25, -0.2) is 9.59 Å². The normalized spacial score (nSPS) is 8.47. The van der Waals surface area contributed by atoms with Gasteiger partial charge in [0, 0.05) is 13.8 Å². The van der Waals surface area contributed by atoms with Crippen LogP contribution in [0.2, 0.25) is 0 Å². The van der Waals surface area contributed by atoms with Gasteiger partial charge >= 0.3 is 11.9 Å². The van der Waals surface area contributed by atoms with Crippen molar-refractivity contribution in [2.24, 2.45) is 0 Å². The Morgan fingerprint density at radius 2 is 1.24 bits per heavy atom. The van der Waals surface area contributed by atoms with Gasteiger partial charge in [0.1, 0.15) is 0 Å². The zero-order valence-electron chi connectivity index (χ0n) is 10.6. The molecule has 0 N–H and O–H groups in total. The minimum Gasteiger partial charge on any atom is -0.460 e. The molecule has 0 aliphatic carbocycles. The molecule has 0 aromatic rings. The van der Waals surface area contributed by atoms with E-state index in [1.54, 1.807) is 6.92 Å². The lowest BCUT2D eigenvalue weighted by molar-refractivity contribution is -0.152. The smallest absolute Gasteiger partial charge is 0.374 e. The van der Waals surface area contributed by atoms with Crippen molar-refractivity contribution in [2.75, 3.05) is 13.2 Å². The van der Waals surface area contributed by atoms with Gasteiger partial charge in [-0.15, -0.1) is 0 Å². The third-order valence-electron chi connectivity index (χ3n) is 1.29. The molecule has 0 rings (SSSR count). The molecule has 0 aliphatic rings. The van der Waals surface area contributed by atoms with Crippen molar-refractivity contribution in [3.8, 4) is 0 Å². The quantitative estimate of drug-likeness (QED) is 0.523. The molecule has 0 aromatic heterocycles. The fourth-order valence-electron chi connectivity index (χ4n) is 0.529. The van der Waals surface area contributed by atoms with E-state index in [0.29, 0.717) is 6.61 Å². The Kier molecular flexibility index (Phi) is 11.2. The molecule has 0 saturated heterocycles.